The number of carbonyl (C=O) groups is 2. The van der Waals surface area contributed by atoms with Gasteiger partial charge < -0.3 is 24.8 Å². The highest BCUT2D eigenvalue weighted by atomic mass is 16.6. The van der Waals surface area contributed by atoms with E-state index in [1.54, 1.807) is 6.92 Å². The van der Waals surface area contributed by atoms with Gasteiger partial charge in [0.15, 0.2) is 11.6 Å². The lowest BCUT2D eigenvalue weighted by molar-refractivity contribution is -0.305. The van der Waals surface area contributed by atoms with Crippen LogP contribution in [0, 0.1) is 28.6 Å². The fraction of sp³-hybridized carbons (Fsp3) is 0.700. The van der Waals surface area contributed by atoms with Crippen LogP contribution < -0.4 is 0 Å². The van der Waals surface area contributed by atoms with E-state index < -0.39 is 52.5 Å². The van der Waals surface area contributed by atoms with Crippen molar-refractivity contribution in [3.05, 3.63) is 23.8 Å². The standard InChI is InChI=1S/C20H24O7/c1-8-4-12(21)16(24)18(3)10(8)5-13-19-7-26-20(25,17(18)19)15(23)9(2)11(19)6-14(22)27-13/h4,10-11,13,15-17,23-25H,2,5-7H2,1,3H3/t10-,11-,13+,15+,16+,17?,18?,19+,20+/m0/s1. The van der Waals surface area contributed by atoms with Gasteiger partial charge >= 0.3 is 5.97 Å². The second kappa shape index (κ2) is 4.89. The minimum absolute atomic E-state index is 0.0436. The molecule has 5 rings (SSSR count). The van der Waals surface area contributed by atoms with Crippen LogP contribution in [-0.4, -0.2) is 57.8 Å². The van der Waals surface area contributed by atoms with Crippen LogP contribution in [0.1, 0.15) is 26.7 Å². The van der Waals surface area contributed by atoms with Gasteiger partial charge in [0.05, 0.1) is 13.0 Å². The van der Waals surface area contributed by atoms with E-state index in [-0.39, 0.29) is 24.9 Å². The van der Waals surface area contributed by atoms with Crippen LogP contribution in [0.15, 0.2) is 23.8 Å². The molecule has 5 aliphatic rings. The van der Waals surface area contributed by atoms with Crippen molar-refractivity contribution in [1.82, 2.24) is 0 Å². The second-order valence-corrected chi connectivity index (χ2v) is 9.15. The number of rotatable bonds is 0. The van der Waals surface area contributed by atoms with E-state index in [9.17, 15) is 24.9 Å². The zero-order valence-electron chi connectivity index (χ0n) is 15.3. The summed E-state index contributed by atoms with van der Waals surface area (Å²) >= 11 is 0. The summed E-state index contributed by atoms with van der Waals surface area (Å²) < 4.78 is 11.5. The summed E-state index contributed by atoms with van der Waals surface area (Å²) in [6.45, 7) is 7.64. The van der Waals surface area contributed by atoms with Gasteiger partial charge in [0.2, 0.25) is 0 Å². The molecule has 9 atom stereocenters. The first-order valence-electron chi connectivity index (χ1n) is 9.41. The molecule has 0 aromatic rings. The molecule has 3 N–H and O–H groups in total. The maximum Gasteiger partial charge on any atom is 0.306 e. The number of fused-ring (bicyclic) bond motifs is 1. The Hall–Kier alpha value is -1.54. The van der Waals surface area contributed by atoms with Gasteiger partial charge in [0, 0.05) is 22.7 Å². The van der Waals surface area contributed by atoms with Crippen molar-refractivity contribution in [3.8, 4) is 0 Å². The van der Waals surface area contributed by atoms with Gasteiger partial charge in [-0.1, -0.05) is 19.1 Å². The molecule has 2 saturated carbocycles. The van der Waals surface area contributed by atoms with Crippen LogP contribution in [0.2, 0.25) is 0 Å². The van der Waals surface area contributed by atoms with Crippen LogP contribution >= 0.6 is 0 Å². The quantitative estimate of drug-likeness (QED) is 0.405. The number of carbonyl (C=O) groups excluding carboxylic acids is 2. The lowest BCUT2D eigenvalue weighted by Crippen LogP contribution is -2.74. The maximum absolute atomic E-state index is 12.5. The third-order valence-corrected chi connectivity index (χ3v) is 8.19. The highest BCUT2D eigenvalue weighted by Crippen LogP contribution is 2.73. The predicted molar refractivity (Wildman–Crippen MR) is 90.9 cm³/mol. The van der Waals surface area contributed by atoms with E-state index in [1.165, 1.54) is 6.08 Å². The second-order valence-electron chi connectivity index (χ2n) is 9.15. The van der Waals surface area contributed by atoms with Gasteiger partial charge in [-0.2, -0.15) is 0 Å². The van der Waals surface area contributed by atoms with E-state index in [0.29, 0.717) is 12.0 Å². The SMILES string of the molecule is C=C1[C@@H](O)[C@@]2(O)OC[C@]34C2C2(C)[C@H](O)C(=O)C=C(C)[C@@H]2C[C@H]3OC(=O)C[C@@H]14. The molecule has 2 aliphatic heterocycles. The number of hydrogen-bond acceptors (Lipinski definition) is 7. The van der Waals surface area contributed by atoms with Crippen LogP contribution in [0.4, 0.5) is 0 Å². The van der Waals surface area contributed by atoms with Crippen LogP contribution in [0.3, 0.4) is 0 Å². The molecule has 27 heavy (non-hydrogen) atoms. The van der Waals surface area contributed by atoms with Gasteiger partial charge in [0.1, 0.15) is 18.3 Å². The molecule has 0 aromatic heterocycles. The lowest BCUT2D eigenvalue weighted by atomic mass is 9.39. The lowest BCUT2D eigenvalue weighted by Gasteiger charge is -2.66. The Morgan fingerprint density at radius 1 is 1.22 bits per heavy atom. The van der Waals surface area contributed by atoms with Gasteiger partial charge in [-0.05, 0) is 30.9 Å². The summed E-state index contributed by atoms with van der Waals surface area (Å²) in [6, 6.07) is 0. The van der Waals surface area contributed by atoms with E-state index in [0.717, 1.165) is 5.57 Å². The highest BCUT2D eigenvalue weighted by Gasteiger charge is 2.81. The molecule has 0 radical (unpaired) electrons. The van der Waals surface area contributed by atoms with Crippen molar-refractivity contribution in [2.45, 2.75) is 50.8 Å². The Labute approximate surface area is 156 Å². The Kier molecular flexibility index (Phi) is 3.18. The molecular weight excluding hydrogens is 352 g/mol. The monoisotopic (exact) mass is 376 g/mol. The molecule has 3 aliphatic carbocycles. The summed E-state index contributed by atoms with van der Waals surface area (Å²) in [4.78, 5) is 24.8. The summed E-state index contributed by atoms with van der Waals surface area (Å²) in [5.41, 5.74) is -0.730. The van der Waals surface area contributed by atoms with Gasteiger partial charge in [-0.3, -0.25) is 9.59 Å². The van der Waals surface area contributed by atoms with E-state index in [1.807, 2.05) is 6.92 Å². The third kappa shape index (κ3) is 1.69. The first-order chi connectivity index (χ1) is 12.6. The van der Waals surface area contributed by atoms with Crippen molar-refractivity contribution >= 4 is 11.8 Å². The third-order valence-electron chi connectivity index (χ3n) is 8.19. The Balaban J connectivity index is 1.79. The highest BCUT2D eigenvalue weighted by molar-refractivity contribution is 5.96. The summed E-state index contributed by atoms with van der Waals surface area (Å²) in [7, 11) is 0. The van der Waals surface area contributed by atoms with Gasteiger partial charge in [-0.15, -0.1) is 0 Å². The van der Waals surface area contributed by atoms with Crippen LogP contribution in [0.25, 0.3) is 0 Å². The number of ketones is 1. The van der Waals surface area contributed by atoms with Crippen molar-refractivity contribution in [1.29, 1.82) is 0 Å². The number of aliphatic hydroxyl groups is 3. The van der Waals surface area contributed by atoms with Crippen molar-refractivity contribution in [3.63, 3.8) is 0 Å². The Bertz CT molecular complexity index is 817. The largest absolute Gasteiger partial charge is 0.462 e. The first kappa shape index (κ1) is 17.6. The van der Waals surface area contributed by atoms with Crippen molar-refractivity contribution in [2.24, 2.45) is 28.6 Å². The molecule has 2 bridgehead atoms. The smallest absolute Gasteiger partial charge is 0.306 e. The topological polar surface area (TPSA) is 113 Å². The van der Waals surface area contributed by atoms with Crippen LogP contribution in [-0.2, 0) is 19.1 Å². The Morgan fingerprint density at radius 2 is 1.93 bits per heavy atom. The number of aliphatic hydroxyl groups excluding tert-OH is 2. The van der Waals surface area contributed by atoms with Gasteiger partial charge in [-0.25, -0.2) is 0 Å². The molecule has 7 nitrogen and oxygen atoms in total. The molecule has 4 fully saturated rings. The van der Waals surface area contributed by atoms with Gasteiger partial charge in [0.25, 0.3) is 0 Å². The first-order valence-corrected chi connectivity index (χ1v) is 9.41. The summed E-state index contributed by atoms with van der Waals surface area (Å²) in [5, 5.41) is 33.3. The fourth-order valence-electron chi connectivity index (χ4n) is 7.14. The Morgan fingerprint density at radius 3 is 2.63 bits per heavy atom. The minimum atomic E-state index is -1.98. The minimum Gasteiger partial charge on any atom is -0.462 e. The molecule has 0 amide bonds. The zero-order valence-corrected chi connectivity index (χ0v) is 15.3. The molecule has 0 aromatic carbocycles. The molecular formula is C20H24O7. The van der Waals surface area contributed by atoms with E-state index >= 15 is 0 Å². The van der Waals surface area contributed by atoms with Crippen molar-refractivity contribution in [2.75, 3.05) is 6.61 Å². The summed E-state index contributed by atoms with van der Waals surface area (Å²) in [5.74, 6) is -4.25. The average molecular weight is 376 g/mol. The molecule has 2 unspecified atom stereocenters. The average Bonchev–Trinajstić information content (AvgIpc) is 2.90. The number of ether oxygens (including phenoxy) is 2. The van der Waals surface area contributed by atoms with E-state index in [2.05, 4.69) is 6.58 Å². The molecule has 146 valence electrons. The molecule has 1 spiro atoms. The van der Waals surface area contributed by atoms with Crippen LogP contribution in [0.5, 0.6) is 0 Å². The number of esters is 1. The number of allylic oxidation sites excluding steroid dienone is 1. The number of hydrogen-bond donors (Lipinski definition) is 3. The molecule has 7 heteroatoms. The fourth-order valence-corrected chi connectivity index (χ4v) is 7.14. The predicted octanol–water partition coefficient (Wildman–Crippen LogP) is 0.0863. The normalized spacial score (nSPS) is 56.2. The maximum atomic E-state index is 12.5. The molecule has 2 heterocycles. The summed E-state index contributed by atoms with van der Waals surface area (Å²) in [6.07, 6.45) is -1.36. The molecule has 2 saturated heterocycles. The van der Waals surface area contributed by atoms with Crippen molar-refractivity contribution < 1.29 is 34.4 Å². The zero-order chi connectivity index (χ0) is 19.5. The van der Waals surface area contributed by atoms with E-state index in [4.69, 9.17) is 9.47 Å².